The number of hydrogen-bond acceptors (Lipinski definition) is 7. The lowest BCUT2D eigenvalue weighted by atomic mass is 9.96. The van der Waals surface area contributed by atoms with Crippen molar-refractivity contribution < 1.29 is 50.8 Å². The van der Waals surface area contributed by atoms with E-state index in [4.69, 9.17) is 30.9 Å². The van der Waals surface area contributed by atoms with Crippen LogP contribution in [0.15, 0.2) is 0 Å². The quantitative estimate of drug-likeness (QED) is 0.214. The molecule has 11 heteroatoms. The topological polar surface area (TPSA) is 239 Å². The predicted molar refractivity (Wildman–Crippen MR) is 51.0 cm³/mol. The van der Waals surface area contributed by atoms with Crippen molar-refractivity contribution in [1.29, 1.82) is 0 Å². The van der Waals surface area contributed by atoms with Gasteiger partial charge in [-0.05, 0) is 0 Å². The summed E-state index contributed by atoms with van der Waals surface area (Å²) in [7, 11) is 0. The van der Waals surface area contributed by atoms with Gasteiger partial charge >= 0.3 is 17.9 Å². The highest BCUT2D eigenvalue weighted by molar-refractivity contribution is 5.88. The number of carboxylic acids is 3. The molecule has 11 N–H and O–H groups in total. The maximum Gasteiger partial charge on any atom is 0.336 e. The molecule has 0 aliphatic heterocycles. The van der Waals surface area contributed by atoms with E-state index in [2.05, 4.69) is 0 Å². The smallest absolute Gasteiger partial charge is 0.336 e. The van der Waals surface area contributed by atoms with Crippen molar-refractivity contribution in [1.82, 2.24) is 6.15 Å². The van der Waals surface area contributed by atoms with Gasteiger partial charge in [-0.2, -0.15) is 0 Å². The number of aliphatic hydroxyl groups is 1. The van der Waals surface area contributed by atoms with E-state index < -0.39 is 36.4 Å². The molecule has 0 fully saturated rings. The van der Waals surface area contributed by atoms with Crippen LogP contribution in [0.5, 0.6) is 0 Å². The van der Waals surface area contributed by atoms with Crippen molar-refractivity contribution in [3.8, 4) is 0 Å². The highest BCUT2D eigenvalue weighted by atomic mass is 17.0. The lowest BCUT2D eigenvalue weighted by molar-refractivity contribution is -0.176. The lowest BCUT2D eigenvalue weighted by Gasteiger charge is -2.18. The zero-order chi connectivity index (χ0) is 12.6. The van der Waals surface area contributed by atoms with E-state index >= 15 is 0 Å². The average Bonchev–Trinajstić information content (AvgIpc) is 2.04. The Balaban J connectivity index is -0.000000199. The van der Waals surface area contributed by atoms with Crippen molar-refractivity contribution in [3.63, 3.8) is 0 Å². The van der Waals surface area contributed by atoms with Gasteiger partial charge < -0.3 is 32.1 Å². The van der Waals surface area contributed by atoms with Gasteiger partial charge in [-0.15, -0.1) is 0 Å². The predicted octanol–water partition coefficient (Wildman–Crippen LogP) is -1.89. The molecule has 0 heterocycles. The Kier molecular flexibility index (Phi) is 15.4. The standard InChI is InChI=1S/C6H8O7.H3N.H2O2.H2O/c7-3(8)1-6(13,5(11)12)2-4(9)10;;1-2;/h13H,1-2H2,(H,7,8)(H,9,10)(H,11,12);1H3;1-2H;1H2. The first kappa shape index (κ1) is 24.4. The first-order valence-corrected chi connectivity index (χ1v) is 3.37. The molecule has 0 aromatic rings. The second kappa shape index (κ2) is 10.7. The molecule has 11 nitrogen and oxygen atoms in total. The number of carboxylic acid groups (broad SMARTS) is 3. The highest BCUT2D eigenvalue weighted by Gasteiger charge is 2.40. The molecule has 0 aliphatic rings. The highest BCUT2D eigenvalue weighted by Crippen LogP contribution is 2.15. The lowest BCUT2D eigenvalue weighted by Crippen LogP contribution is -2.42. The summed E-state index contributed by atoms with van der Waals surface area (Å²) in [6, 6.07) is 0. The molecule has 0 aliphatic carbocycles. The van der Waals surface area contributed by atoms with Crippen molar-refractivity contribution >= 4 is 17.9 Å². The van der Waals surface area contributed by atoms with Gasteiger partial charge in [0.05, 0.1) is 12.8 Å². The molecule has 0 spiro atoms. The number of carbonyl (C=O) groups is 3. The van der Waals surface area contributed by atoms with E-state index in [1.54, 1.807) is 0 Å². The van der Waals surface area contributed by atoms with Gasteiger partial charge in [0.2, 0.25) is 0 Å². The van der Waals surface area contributed by atoms with E-state index in [0.717, 1.165) is 0 Å². The zero-order valence-corrected chi connectivity index (χ0v) is 8.53. The van der Waals surface area contributed by atoms with Crippen LogP contribution in [0.3, 0.4) is 0 Å². The van der Waals surface area contributed by atoms with E-state index in [-0.39, 0.29) is 11.6 Å². The normalized spacial score (nSPS) is 8.65. The molecule has 0 aromatic carbocycles. The van der Waals surface area contributed by atoms with Crippen LogP contribution in [-0.4, -0.2) is 59.9 Å². The molecule has 0 aromatic heterocycles. The maximum absolute atomic E-state index is 10.3. The molecule has 104 valence electrons. The Labute approximate surface area is 94.4 Å². The van der Waals surface area contributed by atoms with Gasteiger partial charge in [-0.1, -0.05) is 0 Å². The average molecular weight is 261 g/mol. The minimum absolute atomic E-state index is 0. The van der Waals surface area contributed by atoms with E-state index in [0.29, 0.717) is 0 Å². The molecule has 0 unspecified atom stereocenters. The van der Waals surface area contributed by atoms with Crippen LogP contribution in [0.4, 0.5) is 0 Å². The monoisotopic (exact) mass is 261 g/mol. The van der Waals surface area contributed by atoms with Crippen LogP contribution in [-0.2, 0) is 14.4 Å². The molecule has 0 saturated carbocycles. The fraction of sp³-hybridized carbons (Fsp3) is 0.500. The summed E-state index contributed by atoms with van der Waals surface area (Å²) in [5.41, 5.74) is -2.74. The molecule has 0 radical (unpaired) electrons. The Morgan fingerprint density at radius 3 is 1.24 bits per heavy atom. The van der Waals surface area contributed by atoms with Crippen molar-refractivity contribution in [3.05, 3.63) is 0 Å². The van der Waals surface area contributed by atoms with Crippen molar-refractivity contribution in [2.75, 3.05) is 0 Å². The minimum Gasteiger partial charge on any atom is -0.481 e. The van der Waals surface area contributed by atoms with Gasteiger partial charge in [0.15, 0.2) is 5.60 Å². The first-order valence-electron chi connectivity index (χ1n) is 3.37. The molecule has 0 bridgehead atoms. The van der Waals surface area contributed by atoms with E-state index in [1.165, 1.54) is 0 Å². The van der Waals surface area contributed by atoms with Gasteiger partial charge in [0.25, 0.3) is 0 Å². The SMILES string of the molecule is N.O.O=C(O)CC(O)(CC(=O)O)C(=O)O.OO. The fourth-order valence-corrected chi connectivity index (χ4v) is 0.714. The van der Waals surface area contributed by atoms with Gasteiger partial charge in [0.1, 0.15) is 0 Å². The summed E-state index contributed by atoms with van der Waals surface area (Å²) in [6.45, 7) is 0. The third-order valence-corrected chi connectivity index (χ3v) is 1.29. The number of rotatable bonds is 5. The first-order chi connectivity index (χ1) is 6.78. The second-order valence-corrected chi connectivity index (χ2v) is 2.48. The number of aliphatic carboxylic acids is 3. The zero-order valence-electron chi connectivity index (χ0n) is 8.53. The third kappa shape index (κ3) is 10.5. The van der Waals surface area contributed by atoms with E-state index in [9.17, 15) is 14.4 Å². The van der Waals surface area contributed by atoms with Crippen molar-refractivity contribution in [2.24, 2.45) is 0 Å². The molecule has 0 saturated heterocycles. The summed E-state index contributed by atoms with van der Waals surface area (Å²) in [5.74, 6) is -5.02. The third-order valence-electron chi connectivity index (χ3n) is 1.29. The Bertz CT molecular complexity index is 235. The molecule has 0 atom stereocenters. The van der Waals surface area contributed by atoms with Crippen LogP contribution in [0, 0.1) is 0 Å². The molecule has 0 amide bonds. The van der Waals surface area contributed by atoms with Gasteiger partial charge in [0, 0.05) is 0 Å². The summed E-state index contributed by atoms with van der Waals surface area (Å²) in [6.07, 6.45) is -2.29. The van der Waals surface area contributed by atoms with Gasteiger partial charge in [-0.25, -0.2) is 4.79 Å². The minimum atomic E-state index is -2.74. The summed E-state index contributed by atoms with van der Waals surface area (Å²) >= 11 is 0. The van der Waals surface area contributed by atoms with E-state index in [1.807, 2.05) is 0 Å². The van der Waals surface area contributed by atoms with Crippen LogP contribution < -0.4 is 6.15 Å². The fourth-order valence-electron chi connectivity index (χ4n) is 0.714. The van der Waals surface area contributed by atoms with Gasteiger partial charge in [-0.3, -0.25) is 20.1 Å². The second-order valence-electron chi connectivity index (χ2n) is 2.48. The van der Waals surface area contributed by atoms with Crippen LogP contribution in [0.1, 0.15) is 12.8 Å². The summed E-state index contributed by atoms with van der Waals surface area (Å²) in [4.78, 5) is 30.5. The maximum atomic E-state index is 10.3. The largest absolute Gasteiger partial charge is 0.481 e. The summed E-state index contributed by atoms with van der Waals surface area (Å²) < 4.78 is 0. The Morgan fingerprint density at radius 1 is 0.882 bits per heavy atom. The van der Waals surface area contributed by atoms with Crippen LogP contribution >= 0.6 is 0 Å². The van der Waals surface area contributed by atoms with Crippen LogP contribution in [0.2, 0.25) is 0 Å². The Morgan fingerprint density at radius 2 is 1.12 bits per heavy atom. The molecule has 17 heavy (non-hydrogen) atoms. The van der Waals surface area contributed by atoms with Crippen molar-refractivity contribution in [2.45, 2.75) is 18.4 Å². The molecule has 0 rings (SSSR count). The Hall–Kier alpha value is -1.79. The number of hydrogen-bond donors (Lipinski definition) is 7. The molecular formula is C6H15NO10. The summed E-state index contributed by atoms with van der Waals surface area (Å²) in [5, 5.41) is 45.8. The van der Waals surface area contributed by atoms with Crippen LogP contribution in [0.25, 0.3) is 0 Å². The molecular weight excluding hydrogens is 246 g/mol.